The molecule has 2 N–H and O–H groups in total. The van der Waals surface area contributed by atoms with E-state index in [4.69, 9.17) is 17.3 Å². The number of hydrogen-bond donors (Lipinski definition) is 1. The van der Waals surface area contributed by atoms with Gasteiger partial charge in [-0.3, -0.25) is 0 Å². The molecule has 0 heterocycles. The Kier molecular flexibility index (Phi) is 5.64. The second-order valence-electron chi connectivity index (χ2n) is 6.46. The van der Waals surface area contributed by atoms with Crippen LogP contribution < -0.4 is 5.73 Å². The number of halogens is 2. The molecule has 0 aliphatic heterocycles. The first-order valence-electron chi connectivity index (χ1n) is 7.82. The fraction of sp³-hybridized carbons (Fsp3) is 0.647. The number of nitrogens with zero attached hydrogens (tertiary/aromatic N) is 1. The molecule has 2 rings (SSSR count). The van der Waals surface area contributed by atoms with E-state index in [2.05, 4.69) is 19.0 Å². The van der Waals surface area contributed by atoms with Crippen molar-refractivity contribution in [3.05, 3.63) is 34.6 Å². The summed E-state index contributed by atoms with van der Waals surface area (Å²) in [6.07, 6.45) is 7.81. The summed E-state index contributed by atoms with van der Waals surface area (Å²) in [6.45, 7) is 0. The van der Waals surface area contributed by atoms with Crippen LogP contribution in [0, 0.1) is 5.82 Å². The first kappa shape index (κ1) is 16.7. The minimum Gasteiger partial charge on any atom is -0.326 e. The highest BCUT2D eigenvalue weighted by Crippen LogP contribution is 2.35. The molecule has 1 fully saturated rings. The average Bonchev–Trinajstić information content (AvgIpc) is 2.69. The lowest BCUT2D eigenvalue weighted by Crippen LogP contribution is -2.58. The van der Waals surface area contributed by atoms with Gasteiger partial charge in [0.25, 0.3) is 0 Å². The smallest absolute Gasteiger partial charge is 0.123 e. The van der Waals surface area contributed by atoms with Crippen LogP contribution in [0.15, 0.2) is 18.2 Å². The van der Waals surface area contributed by atoms with Gasteiger partial charge in [0.15, 0.2) is 0 Å². The fourth-order valence-corrected chi connectivity index (χ4v) is 3.81. The lowest BCUT2D eigenvalue weighted by molar-refractivity contribution is 0.0968. The van der Waals surface area contributed by atoms with Crippen molar-refractivity contribution >= 4 is 11.6 Å². The van der Waals surface area contributed by atoms with E-state index in [1.54, 1.807) is 6.07 Å². The second-order valence-corrected chi connectivity index (χ2v) is 6.87. The van der Waals surface area contributed by atoms with E-state index < -0.39 is 0 Å². The number of rotatable bonds is 4. The van der Waals surface area contributed by atoms with Gasteiger partial charge in [-0.25, -0.2) is 4.39 Å². The van der Waals surface area contributed by atoms with Crippen LogP contribution >= 0.6 is 11.6 Å². The van der Waals surface area contributed by atoms with Crippen molar-refractivity contribution in [2.24, 2.45) is 5.73 Å². The molecular weight excluding hydrogens is 287 g/mol. The molecule has 1 unspecified atom stereocenters. The number of benzene rings is 1. The Bertz CT molecular complexity index is 468. The van der Waals surface area contributed by atoms with Crippen LogP contribution in [-0.2, 0) is 6.42 Å². The summed E-state index contributed by atoms with van der Waals surface area (Å²) in [4.78, 5) is 2.27. The monoisotopic (exact) mass is 312 g/mol. The maximum Gasteiger partial charge on any atom is 0.123 e. The summed E-state index contributed by atoms with van der Waals surface area (Å²) in [5, 5.41) is 0.606. The fourth-order valence-electron chi connectivity index (χ4n) is 3.62. The molecule has 21 heavy (non-hydrogen) atoms. The molecule has 1 aromatic rings. The Hall–Kier alpha value is -0.640. The molecule has 1 aliphatic carbocycles. The summed E-state index contributed by atoms with van der Waals surface area (Å²) in [5.41, 5.74) is 7.39. The van der Waals surface area contributed by atoms with Gasteiger partial charge in [-0.15, -0.1) is 0 Å². The molecule has 0 amide bonds. The van der Waals surface area contributed by atoms with Crippen molar-refractivity contribution in [2.45, 2.75) is 56.5 Å². The molecule has 2 nitrogen and oxygen atoms in total. The molecule has 4 heteroatoms. The van der Waals surface area contributed by atoms with E-state index in [1.807, 2.05) is 0 Å². The second kappa shape index (κ2) is 7.08. The van der Waals surface area contributed by atoms with Gasteiger partial charge in [-0.1, -0.05) is 37.3 Å². The highest BCUT2D eigenvalue weighted by atomic mass is 35.5. The van der Waals surface area contributed by atoms with Gasteiger partial charge in [-0.2, -0.15) is 0 Å². The van der Waals surface area contributed by atoms with E-state index in [1.165, 1.54) is 37.8 Å². The molecule has 0 saturated heterocycles. The number of hydrogen-bond acceptors (Lipinski definition) is 2. The highest BCUT2D eigenvalue weighted by Gasteiger charge is 2.39. The van der Waals surface area contributed by atoms with Crippen LogP contribution in [0.3, 0.4) is 0 Å². The van der Waals surface area contributed by atoms with Crippen molar-refractivity contribution in [1.82, 2.24) is 4.90 Å². The minimum absolute atomic E-state index is 0.00779. The van der Waals surface area contributed by atoms with Crippen molar-refractivity contribution in [1.29, 1.82) is 0 Å². The standard InChI is InChI=1S/C17H26ClFN2/c1-21(2)17(9-5-3-4-6-10-17)16(20)12-13-11-14(19)7-8-15(13)18/h7-8,11,16H,3-6,9-10,12,20H2,1-2H3. The van der Waals surface area contributed by atoms with Gasteiger partial charge in [0.05, 0.1) is 0 Å². The molecule has 1 saturated carbocycles. The van der Waals surface area contributed by atoms with Gasteiger partial charge in [-0.05, 0) is 57.1 Å². The zero-order valence-corrected chi connectivity index (χ0v) is 13.8. The zero-order chi connectivity index (χ0) is 15.5. The SMILES string of the molecule is CN(C)C1(C(N)Cc2cc(F)ccc2Cl)CCCCCC1. The topological polar surface area (TPSA) is 29.3 Å². The molecule has 0 aromatic heterocycles. The van der Waals surface area contributed by atoms with Crippen LogP contribution in [-0.4, -0.2) is 30.6 Å². The van der Waals surface area contributed by atoms with E-state index >= 15 is 0 Å². The normalized spacial score (nSPS) is 20.3. The zero-order valence-electron chi connectivity index (χ0n) is 13.0. The first-order valence-corrected chi connectivity index (χ1v) is 8.20. The van der Waals surface area contributed by atoms with Crippen LogP contribution in [0.25, 0.3) is 0 Å². The maximum absolute atomic E-state index is 13.4. The van der Waals surface area contributed by atoms with E-state index in [-0.39, 0.29) is 17.4 Å². The number of likely N-dealkylation sites (N-methyl/N-ethyl adjacent to an activating group) is 1. The summed E-state index contributed by atoms with van der Waals surface area (Å²) in [5.74, 6) is -0.249. The van der Waals surface area contributed by atoms with Gasteiger partial charge in [0.1, 0.15) is 5.82 Å². The summed E-state index contributed by atoms with van der Waals surface area (Å²) >= 11 is 6.20. The van der Waals surface area contributed by atoms with E-state index in [0.29, 0.717) is 11.4 Å². The van der Waals surface area contributed by atoms with Gasteiger partial charge >= 0.3 is 0 Å². The molecule has 0 bridgehead atoms. The summed E-state index contributed by atoms with van der Waals surface area (Å²) in [6, 6.07) is 4.49. The predicted octanol–water partition coefficient (Wildman–Crippen LogP) is 4.00. The molecular formula is C17H26ClFN2. The Labute approximate surface area is 132 Å². The van der Waals surface area contributed by atoms with Gasteiger partial charge < -0.3 is 10.6 Å². The van der Waals surface area contributed by atoms with Crippen molar-refractivity contribution < 1.29 is 4.39 Å². The lowest BCUT2D eigenvalue weighted by atomic mass is 9.79. The lowest BCUT2D eigenvalue weighted by Gasteiger charge is -2.44. The molecule has 0 spiro atoms. The van der Waals surface area contributed by atoms with Gasteiger partial charge in [0, 0.05) is 16.6 Å². The molecule has 0 radical (unpaired) electrons. The van der Waals surface area contributed by atoms with Crippen molar-refractivity contribution in [3.63, 3.8) is 0 Å². The van der Waals surface area contributed by atoms with Gasteiger partial charge in [0.2, 0.25) is 0 Å². The first-order chi connectivity index (χ1) is 9.95. The third-order valence-electron chi connectivity index (χ3n) is 5.00. The van der Waals surface area contributed by atoms with Crippen LogP contribution in [0.5, 0.6) is 0 Å². The Morgan fingerprint density at radius 1 is 1.24 bits per heavy atom. The third kappa shape index (κ3) is 3.77. The summed E-state index contributed by atoms with van der Waals surface area (Å²) in [7, 11) is 4.22. The highest BCUT2D eigenvalue weighted by molar-refractivity contribution is 6.31. The number of nitrogens with two attached hydrogens (primary N) is 1. The maximum atomic E-state index is 13.4. The van der Waals surface area contributed by atoms with Crippen molar-refractivity contribution in [3.8, 4) is 0 Å². The van der Waals surface area contributed by atoms with Crippen LogP contribution in [0.1, 0.15) is 44.1 Å². The minimum atomic E-state index is -0.249. The summed E-state index contributed by atoms with van der Waals surface area (Å²) < 4.78 is 13.4. The predicted molar refractivity (Wildman–Crippen MR) is 87.2 cm³/mol. The third-order valence-corrected chi connectivity index (χ3v) is 5.37. The Morgan fingerprint density at radius 3 is 2.43 bits per heavy atom. The molecule has 1 aromatic carbocycles. The van der Waals surface area contributed by atoms with E-state index in [9.17, 15) is 4.39 Å². The van der Waals surface area contributed by atoms with Crippen LogP contribution in [0.4, 0.5) is 4.39 Å². The van der Waals surface area contributed by atoms with E-state index in [0.717, 1.165) is 18.4 Å². The molecule has 118 valence electrons. The molecule has 1 aliphatic rings. The quantitative estimate of drug-likeness (QED) is 0.851. The molecule has 1 atom stereocenters. The largest absolute Gasteiger partial charge is 0.326 e. The van der Waals surface area contributed by atoms with Crippen LogP contribution in [0.2, 0.25) is 5.02 Å². The average molecular weight is 313 g/mol. The van der Waals surface area contributed by atoms with Crippen molar-refractivity contribution in [2.75, 3.05) is 14.1 Å². The Morgan fingerprint density at radius 2 is 1.86 bits per heavy atom. The Balaban J connectivity index is 2.22.